The molecule has 2 N–H and O–H groups in total. The Morgan fingerprint density at radius 3 is 2.45 bits per heavy atom. The van der Waals surface area contributed by atoms with Crippen molar-refractivity contribution in [2.75, 3.05) is 0 Å². The number of aromatic amines is 1. The summed E-state index contributed by atoms with van der Waals surface area (Å²) in [7, 11) is 0. The van der Waals surface area contributed by atoms with Gasteiger partial charge >= 0.3 is 5.97 Å². The highest BCUT2D eigenvalue weighted by Gasteiger charge is 2.21. The Balaban J connectivity index is 1.34. The van der Waals surface area contributed by atoms with E-state index >= 15 is 0 Å². The van der Waals surface area contributed by atoms with Crippen LogP contribution in [0.1, 0.15) is 32.0 Å². The van der Waals surface area contributed by atoms with Crippen LogP contribution in [0.15, 0.2) is 117 Å². The first kappa shape index (κ1) is 27.6. The maximum atomic E-state index is 13.6. The first-order valence-electron chi connectivity index (χ1n) is 13.1. The van der Waals surface area contributed by atoms with Crippen LogP contribution in [0.2, 0.25) is 0 Å². The van der Waals surface area contributed by atoms with Gasteiger partial charge in [-0.2, -0.15) is 5.10 Å². The summed E-state index contributed by atoms with van der Waals surface area (Å²) in [5.74, 6) is -0.624. The molecule has 8 heteroatoms. The van der Waals surface area contributed by atoms with Crippen LogP contribution in [0.25, 0.3) is 32.8 Å². The molecular formula is C34H23Br2N3O3. The lowest BCUT2D eigenvalue weighted by molar-refractivity contribution is 0.0732. The second kappa shape index (κ2) is 11.8. The molecule has 0 aliphatic carbocycles. The Kier molecular flexibility index (Phi) is 7.73. The van der Waals surface area contributed by atoms with Gasteiger partial charge in [-0.3, -0.25) is 4.79 Å². The SMILES string of the molecule is Cc1cccc(C(=O)Oc2c(Br)cc(Br)cc2C=NNC(=O)c2[nH]c3c(ccc4ccccc43)c2-c2ccccc2)c1. The summed E-state index contributed by atoms with van der Waals surface area (Å²) in [4.78, 5) is 29.9. The van der Waals surface area contributed by atoms with Crippen LogP contribution in [-0.4, -0.2) is 23.1 Å². The number of nitrogens with one attached hydrogen (secondary N) is 2. The van der Waals surface area contributed by atoms with Crippen molar-refractivity contribution in [1.29, 1.82) is 0 Å². The number of hydrogen-bond donors (Lipinski definition) is 2. The molecule has 6 aromatic rings. The minimum Gasteiger partial charge on any atom is -0.421 e. The van der Waals surface area contributed by atoms with Crippen LogP contribution in [0, 0.1) is 6.92 Å². The van der Waals surface area contributed by atoms with E-state index in [1.807, 2.05) is 73.7 Å². The number of carbonyl (C=O) groups is 2. The lowest BCUT2D eigenvalue weighted by atomic mass is 9.99. The second-order valence-electron chi connectivity index (χ2n) is 9.71. The van der Waals surface area contributed by atoms with Crippen molar-refractivity contribution >= 4 is 71.6 Å². The van der Waals surface area contributed by atoms with Gasteiger partial charge in [0, 0.05) is 26.4 Å². The third-order valence-corrected chi connectivity index (χ3v) is 7.89. The van der Waals surface area contributed by atoms with Gasteiger partial charge in [-0.05, 0) is 58.1 Å². The molecule has 1 heterocycles. The summed E-state index contributed by atoms with van der Waals surface area (Å²) in [6, 6.07) is 32.6. The molecule has 5 aromatic carbocycles. The van der Waals surface area contributed by atoms with E-state index in [0.29, 0.717) is 21.3 Å². The van der Waals surface area contributed by atoms with Crippen molar-refractivity contribution in [2.24, 2.45) is 5.10 Å². The van der Waals surface area contributed by atoms with Gasteiger partial charge in [-0.25, -0.2) is 10.2 Å². The van der Waals surface area contributed by atoms with Crippen LogP contribution >= 0.6 is 31.9 Å². The number of benzene rings is 5. The number of halogens is 2. The molecule has 0 aliphatic heterocycles. The Bertz CT molecular complexity index is 2020. The van der Waals surface area contributed by atoms with E-state index in [1.54, 1.807) is 30.3 Å². The maximum absolute atomic E-state index is 13.6. The van der Waals surface area contributed by atoms with E-state index in [9.17, 15) is 9.59 Å². The Morgan fingerprint density at radius 2 is 1.64 bits per heavy atom. The molecule has 42 heavy (non-hydrogen) atoms. The summed E-state index contributed by atoms with van der Waals surface area (Å²) in [5, 5.41) is 7.28. The molecule has 0 unspecified atom stereocenters. The Morgan fingerprint density at radius 1 is 0.857 bits per heavy atom. The van der Waals surface area contributed by atoms with E-state index in [-0.39, 0.29) is 5.75 Å². The van der Waals surface area contributed by atoms with E-state index in [2.05, 4.69) is 53.4 Å². The molecule has 0 radical (unpaired) electrons. The van der Waals surface area contributed by atoms with Crippen molar-refractivity contribution < 1.29 is 14.3 Å². The molecule has 1 aromatic heterocycles. The number of hydrazone groups is 1. The molecule has 206 valence electrons. The van der Waals surface area contributed by atoms with E-state index < -0.39 is 11.9 Å². The number of carbonyl (C=O) groups excluding carboxylic acids is 2. The molecule has 6 nitrogen and oxygen atoms in total. The van der Waals surface area contributed by atoms with Crippen molar-refractivity contribution in [2.45, 2.75) is 6.92 Å². The normalized spacial score (nSPS) is 11.3. The molecule has 0 spiro atoms. The fourth-order valence-electron chi connectivity index (χ4n) is 4.94. The summed E-state index contributed by atoms with van der Waals surface area (Å²) in [6.45, 7) is 1.91. The first-order chi connectivity index (χ1) is 20.4. The van der Waals surface area contributed by atoms with Gasteiger partial charge in [0.25, 0.3) is 5.91 Å². The van der Waals surface area contributed by atoms with Crippen LogP contribution < -0.4 is 10.2 Å². The summed E-state index contributed by atoms with van der Waals surface area (Å²) in [5.41, 5.74) is 7.50. The van der Waals surface area contributed by atoms with Gasteiger partial charge in [0.05, 0.1) is 21.8 Å². The predicted octanol–water partition coefficient (Wildman–Crippen LogP) is 8.80. The summed E-state index contributed by atoms with van der Waals surface area (Å²) < 4.78 is 7.05. The molecule has 0 saturated heterocycles. The topological polar surface area (TPSA) is 83.5 Å². The first-order valence-corrected chi connectivity index (χ1v) is 14.7. The standard InChI is InChI=1S/C34H23Br2N3O3/c1-20-8-7-12-23(16-20)34(41)42-32-24(17-25(35)18-28(32)36)19-37-39-33(40)31-29(22-10-3-2-4-11-22)27-15-14-21-9-5-6-13-26(21)30(27)38-31/h2-19,38H,1H3,(H,39,40). The number of aromatic nitrogens is 1. The predicted molar refractivity (Wildman–Crippen MR) is 174 cm³/mol. The van der Waals surface area contributed by atoms with E-state index in [1.165, 1.54) is 6.21 Å². The maximum Gasteiger partial charge on any atom is 0.343 e. The average Bonchev–Trinajstić information content (AvgIpc) is 3.39. The fraction of sp³-hybridized carbons (Fsp3) is 0.0294. The molecule has 0 saturated carbocycles. The van der Waals surface area contributed by atoms with Gasteiger partial charge in [0.1, 0.15) is 5.69 Å². The summed E-state index contributed by atoms with van der Waals surface area (Å²) >= 11 is 6.96. The lowest BCUT2D eigenvalue weighted by Gasteiger charge is -2.11. The van der Waals surface area contributed by atoms with Crippen LogP contribution in [0.4, 0.5) is 0 Å². The number of fused-ring (bicyclic) bond motifs is 3. The Labute approximate surface area is 258 Å². The number of aryl methyl sites for hydroxylation is 1. The largest absolute Gasteiger partial charge is 0.421 e. The molecular weight excluding hydrogens is 658 g/mol. The molecule has 6 rings (SSSR count). The van der Waals surface area contributed by atoms with Gasteiger partial charge < -0.3 is 9.72 Å². The number of amides is 1. The van der Waals surface area contributed by atoms with Crippen LogP contribution in [0.5, 0.6) is 5.75 Å². The van der Waals surface area contributed by atoms with Gasteiger partial charge in [-0.1, -0.05) is 100 Å². The van der Waals surface area contributed by atoms with Crippen molar-refractivity contribution in [1.82, 2.24) is 10.4 Å². The third-order valence-electron chi connectivity index (χ3n) is 6.84. The van der Waals surface area contributed by atoms with Crippen molar-refractivity contribution in [3.05, 3.63) is 134 Å². The molecule has 0 fully saturated rings. The van der Waals surface area contributed by atoms with Crippen molar-refractivity contribution in [3.8, 4) is 16.9 Å². The zero-order valence-electron chi connectivity index (χ0n) is 22.3. The molecule has 0 bridgehead atoms. The number of hydrogen-bond acceptors (Lipinski definition) is 4. The van der Waals surface area contributed by atoms with E-state index in [0.717, 1.165) is 42.8 Å². The van der Waals surface area contributed by atoms with Crippen LogP contribution in [0.3, 0.4) is 0 Å². The van der Waals surface area contributed by atoms with Gasteiger partial charge in [-0.15, -0.1) is 0 Å². The number of rotatable bonds is 6. The molecule has 1 amide bonds. The number of esters is 1. The van der Waals surface area contributed by atoms with Gasteiger partial charge in [0.2, 0.25) is 0 Å². The lowest BCUT2D eigenvalue weighted by Crippen LogP contribution is -2.19. The average molecular weight is 681 g/mol. The zero-order valence-corrected chi connectivity index (χ0v) is 25.5. The van der Waals surface area contributed by atoms with Crippen LogP contribution in [-0.2, 0) is 0 Å². The van der Waals surface area contributed by atoms with Gasteiger partial charge in [0.15, 0.2) is 5.75 Å². The molecule has 0 aliphatic rings. The fourth-order valence-corrected chi connectivity index (χ4v) is 6.27. The zero-order chi connectivity index (χ0) is 29.2. The summed E-state index contributed by atoms with van der Waals surface area (Å²) in [6.07, 6.45) is 1.45. The highest BCUT2D eigenvalue weighted by Crippen LogP contribution is 2.36. The second-order valence-corrected chi connectivity index (χ2v) is 11.5. The molecule has 0 atom stereocenters. The third kappa shape index (κ3) is 5.51. The quantitative estimate of drug-likeness (QED) is 0.0798. The minimum atomic E-state index is -0.502. The number of nitrogens with zero attached hydrogens (tertiary/aromatic N) is 1. The highest BCUT2D eigenvalue weighted by molar-refractivity contribution is 9.11. The van der Waals surface area contributed by atoms with Crippen molar-refractivity contribution in [3.63, 3.8) is 0 Å². The number of H-pyrrole nitrogens is 1. The number of ether oxygens (including phenoxy) is 1. The highest BCUT2D eigenvalue weighted by atomic mass is 79.9. The monoisotopic (exact) mass is 679 g/mol. The minimum absolute atomic E-state index is 0.282. The van der Waals surface area contributed by atoms with E-state index in [4.69, 9.17) is 4.74 Å². The smallest absolute Gasteiger partial charge is 0.343 e. The Hall–Kier alpha value is -4.53.